The molecule has 0 aliphatic rings. The molecule has 3 heterocycles. The first kappa shape index (κ1) is 22.0. The normalized spacial score (nSPS) is 10.8. The first-order chi connectivity index (χ1) is 15.7. The van der Waals surface area contributed by atoms with Gasteiger partial charge in [-0.3, -0.25) is 14.3 Å². The Morgan fingerprint density at radius 2 is 2.00 bits per heavy atom. The summed E-state index contributed by atoms with van der Waals surface area (Å²) in [7, 11) is 1.82. The number of thiophene rings is 1. The van der Waals surface area contributed by atoms with Crippen LogP contribution in [0.3, 0.4) is 0 Å². The SMILES string of the molecule is CCOc1ccc(-n2c(SCC(=O)N(C)Cc3cccs3)nnc2-c2cccnc2)cc1. The van der Waals surface area contributed by atoms with Crippen molar-refractivity contribution in [2.24, 2.45) is 0 Å². The smallest absolute Gasteiger partial charge is 0.233 e. The Morgan fingerprint density at radius 1 is 1.16 bits per heavy atom. The average molecular weight is 466 g/mol. The molecule has 3 aromatic heterocycles. The standard InChI is InChI=1S/C23H23N5O2S2/c1-3-30-19-10-8-18(9-11-19)28-22(17-6-4-12-24-14-17)25-26-23(28)32-16-21(29)27(2)15-20-7-5-13-31-20/h4-14H,3,15-16H2,1-2H3. The summed E-state index contributed by atoms with van der Waals surface area (Å²) in [5, 5.41) is 11.4. The number of hydrogen-bond acceptors (Lipinski definition) is 7. The van der Waals surface area contributed by atoms with Crippen molar-refractivity contribution in [1.29, 1.82) is 0 Å². The Bertz CT molecular complexity index is 1150. The van der Waals surface area contributed by atoms with Crippen LogP contribution in [-0.4, -0.2) is 50.0 Å². The number of amides is 1. The number of ether oxygens (including phenoxy) is 1. The molecule has 4 rings (SSSR count). The van der Waals surface area contributed by atoms with Gasteiger partial charge in [0.05, 0.1) is 18.9 Å². The highest BCUT2D eigenvalue weighted by Crippen LogP contribution is 2.29. The van der Waals surface area contributed by atoms with E-state index in [-0.39, 0.29) is 11.7 Å². The minimum Gasteiger partial charge on any atom is -0.494 e. The topological polar surface area (TPSA) is 73.1 Å². The summed E-state index contributed by atoms with van der Waals surface area (Å²) in [5.74, 6) is 1.77. The molecule has 0 fully saturated rings. The summed E-state index contributed by atoms with van der Waals surface area (Å²) in [6.07, 6.45) is 3.47. The maximum Gasteiger partial charge on any atom is 0.233 e. The van der Waals surface area contributed by atoms with E-state index in [4.69, 9.17) is 4.74 Å². The van der Waals surface area contributed by atoms with Crippen LogP contribution in [0, 0.1) is 0 Å². The Labute approximate surface area is 195 Å². The first-order valence-corrected chi connectivity index (χ1v) is 12.0. The van der Waals surface area contributed by atoms with Crippen LogP contribution in [0.15, 0.2) is 71.5 Å². The van der Waals surface area contributed by atoms with E-state index in [1.54, 1.807) is 28.6 Å². The van der Waals surface area contributed by atoms with Crippen LogP contribution in [0.2, 0.25) is 0 Å². The minimum atomic E-state index is 0.0348. The first-order valence-electron chi connectivity index (χ1n) is 10.1. The molecular formula is C23H23N5O2S2. The van der Waals surface area contributed by atoms with E-state index in [0.29, 0.717) is 24.1 Å². The fraction of sp³-hybridized carbons (Fsp3) is 0.217. The maximum absolute atomic E-state index is 12.7. The molecule has 0 spiro atoms. The van der Waals surface area contributed by atoms with Crippen molar-refractivity contribution in [3.8, 4) is 22.8 Å². The molecule has 0 bridgehead atoms. The van der Waals surface area contributed by atoms with Crippen LogP contribution in [0.4, 0.5) is 0 Å². The van der Waals surface area contributed by atoms with E-state index in [0.717, 1.165) is 21.9 Å². The van der Waals surface area contributed by atoms with Crippen molar-refractivity contribution in [3.63, 3.8) is 0 Å². The zero-order valence-corrected chi connectivity index (χ0v) is 19.5. The van der Waals surface area contributed by atoms with Crippen LogP contribution < -0.4 is 4.74 Å². The van der Waals surface area contributed by atoms with E-state index in [1.165, 1.54) is 11.8 Å². The highest BCUT2D eigenvalue weighted by atomic mass is 32.2. The van der Waals surface area contributed by atoms with Crippen molar-refractivity contribution in [3.05, 3.63) is 71.2 Å². The molecule has 164 valence electrons. The number of hydrogen-bond donors (Lipinski definition) is 0. The van der Waals surface area contributed by atoms with E-state index in [1.807, 2.05) is 72.4 Å². The Kier molecular flexibility index (Phi) is 7.18. The number of thioether (sulfide) groups is 1. The zero-order valence-electron chi connectivity index (χ0n) is 17.8. The lowest BCUT2D eigenvalue weighted by Crippen LogP contribution is -2.27. The average Bonchev–Trinajstić information content (AvgIpc) is 3.49. The van der Waals surface area contributed by atoms with Crippen LogP contribution in [0.5, 0.6) is 5.75 Å². The summed E-state index contributed by atoms with van der Waals surface area (Å²) in [5.41, 5.74) is 1.74. The molecule has 9 heteroatoms. The third-order valence-electron chi connectivity index (χ3n) is 4.68. The molecule has 0 saturated heterocycles. The molecule has 0 atom stereocenters. The maximum atomic E-state index is 12.7. The number of nitrogens with zero attached hydrogens (tertiary/aromatic N) is 5. The molecule has 0 saturated carbocycles. The molecule has 0 aliphatic heterocycles. The molecule has 0 radical (unpaired) electrons. The van der Waals surface area contributed by atoms with Crippen LogP contribution in [-0.2, 0) is 11.3 Å². The zero-order chi connectivity index (χ0) is 22.3. The fourth-order valence-corrected chi connectivity index (χ4v) is 4.75. The van der Waals surface area contributed by atoms with Gasteiger partial charge in [-0.2, -0.15) is 0 Å². The van der Waals surface area contributed by atoms with Crippen molar-refractivity contribution >= 4 is 29.0 Å². The number of pyridine rings is 1. The van der Waals surface area contributed by atoms with Gasteiger partial charge >= 0.3 is 0 Å². The Morgan fingerprint density at radius 3 is 2.69 bits per heavy atom. The summed E-state index contributed by atoms with van der Waals surface area (Å²) in [6, 6.07) is 15.6. The summed E-state index contributed by atoms with van der Waals surface area (Å²) in [6.45, 7) is 3.16. The monoisotopic (exact) mass is 465 g/mol. The lowest BCUT2D eigenvalue weighted by molar-refractivity contribution is -0.127. The van der Waals surface area contributed by atoms with Crippen LogP contribution in [0.25, 0.3) is 17.1 Å². The lowest BCUT2D eigenvalue weighted by Gasteiger charge is -2.16. The summed E-state index contributed by atoms with van der Waals surface area (Å²) >= 11 is 3.02. The molecule has 1 amide bonds. The molecule has 0 unspecified atom stereocenters. The predicted octanol–water partition coefficient (Wildman–Crippen LogP) is 4.54. The molecule has 0 N–H and O–H groups in total. The minimum absolute atomic E-state index is 0.0348. The number of aromatic nitrogens is 4. The quantitative estimate of drug-likeness (QED) is 0.338. The van der Waals surface area contributed by atoms with Crippen LogP contribution >= 0.6 is 23.1 Å². The van der Waals surface area contributed by atoms with Gasteiger partial charge in [-0.15, -0.1) is 21.5 Å². The molecule has 7 nitrogen and oxygen atoms in total. The van der Waals surface area contributed by atoms with Gasteiger partial charge < -0.3 is 9.64 Å². The second kappa shape index (κ2) is 10.4. The third-order valence-corrected chi connectivity index (χ3v) is 6.46. The van der Waals surface area contributed by atoms with Crippen LogP contribution in [0.1, 0.15) is 11.8 Å². The molecular weight excluding hydrogens is 442 g/mol. The van der Waals surface area contributed by atoms with Crippen molar-refractivity contribution in [1.82, 2.24) is 24.6 Å². The summed E-state index contributed by atoms with van der Waals surface area (Å²) in [4.78, 5) is 19.8. The Hall–Kier alpha value is -3.17. The van der Waals surface area contributed by atoms with Gasteiger partial charge in [0.1, 0.15) is 5.75 Å². The van der Waals surface area contributed by atoms with E-state index >= 15 is 0 Å². The van der Waals surface area contributed by atoms with E-state index in [2.05, 4.69) is 15.2 Å². The molecule has 1 aromatic carbocycles. The van der Waals surface area contributed by atoms with Gasteiger partial charge in [-0.05, 0) is 54.8 Å². The highest BCUT2D eigenvalue weighted by Gasteiger charge is 2.19. The number of rotatable bonds is 9. The number of carbonyl (C=O) groups excluding carboxylic acids is 1. The number of carbonyl (C=O) groups is 1. The molecule has 4 aromatic rings. The second-order valence-electron chi connectivity index (χ2n) is 6.93. The number of benzene rings is 1. The van der Waals surface area contributed by atoms with Gasteiger partial charge in [0, 0.05) is 35.6 Å². The van der Waals surface area contributed by atoms with Crippen molar-refractivity contribution < 1.29 is 9.53 Å². The van der Waals surface area contributed by atoms with Gasteiger partial charge in [0.2, 0.25) is 5.91 Å². The van der Waals surface area contributed by atoms with E-state index in [9.17, 15) is 4.79 Å². The second-order valence-corrected chi connectivity index (χ2v) is 8.90. The lowest BCUT2D eigenvalue weighted by atomic mass is 10.2. The molecule has 0 aliphatic carbocycles. The van der Waals surface area contributed by atoms with Crippen molar-refractivity contribution in [2.75, 3.05) is 19.4 Å². The largest absolute Gasteiger partial charge is 0.494 e. The van der Waals surface area contributed by atoms with Gasteiger partial charge in [-0.1, -0.05) is 17.8 Å². The van der Waals surface area contributed by atoms with E-state index < -0.39 is 0 Å². The van der Waals surface area contributed by atoms with Gasteiger partial charge in [0.25, 0.3) is 0 Å². The highest BCUT2D eigenvalue weighted by molar-refractivity contribution is 7.99. The predicted molar refractivity (Wildman–Crippen MR) is 127 cm³/mol. The Balaban J connectivity index is 1.57. The van der Waals surface area contributed by atoms with Crippen molar-refractivity contribution in [2.45, 2.75) is 18.6 Å². The van der Waals surface area contributed by atoms with Gasteiger partial charge in [-0.25, -0.2) is 0 Å². The molecule has 32 heavy (non-hydrogen) atoms. The third kappa shape index (κ3) is 5.17. The van der Waals surface area contributed by atoms with Gasteiger partial charge in [0.15, 0.2) is 11.0 Å². The summed E-state index contributed by atoms with van der Waals surface area (Å²) < 4.78 is 7.51. The fourth-order valence-electron chi connectivity index (χ4n) is 3.10.